The molecule has 0 spiro atoms. The lowest BCUT2D eigenvalue weighted by Gasteiger charge is -2.34. The molecule has 1 aromatic carbocycles. The van der Waals surface area contributed by atoms with Crippen molar-refractivity contribution in [3.8, 4) is 11.5 Å². The Morgan fingerprint density at radius 3 is 2.55 bits per heavy atom. The number of nitrogens with two attached hydrogens (primary N) is 1. The Balaban J connectivity index is 1.68. The largest absolute Gasteiger partial charge is 0.486 e. The smallest absolute Gasteiger partial charge is 0.161 e. The standard InChI is InChI=1S/C15H22N2O3/c16-11-13(17-3-5-18-6-4-17)9-12-1-2-14-15(10-12)20-8-7-19-14/h1-2,10,13H,3-9,11,16H2. The highest BCUT2D eigenvalue weighted by Gasteiger charge is 2.21. The fourth-order valence-corrected chi connectivity index (χ4v) is 2.79. The van der Waals surface area contributed by atoms with Crippen LogP contribution in [-0.4, -0.2) is 57.0 Å². The van der Waals surface area contributed by atoms with E-state index in [1.54, 1.807) is 0 Å². The zero-order valence-corrected chi connectivity index (χ0v) is 11.7. The summed E-state index contributed by atoms with van der Waals surface area (Å²) in [5.74, 6) is 1.70. The Hall–Kier alpha value is -1.30. The molecule has 0 aromatic heterocycles. The van der Waals surface area contributed by atoms with Crippen molar-refractivity contribution in [3.63, 3.8) is 0 Å². The van der Waals surface area contributed by atoms with Gasteiger partial charge in [0.05, 0.1) is 13.2 Å². The first-order valence-electron chi connectivity index (χ1n) is 7.27. The molecule has 0 aliphatic carbocycles. The van der Waals surface area contributed by atoms with Gasteiger partial charge in [-0.1, -0.05) is 6.07 Å². The lowest BCUT2D eigenvalue weighted by Crippen LogP contribution is -2.47. The summed E-state index contributed by atoms with van der Waals surface area (Å²) in [6, 6.07) is 6.55. The van der Waals surface area contributed by atoms with E-state index >= 15 is 0 Å². The highest BCUT2D eigenvalue weighted by Crippen LogP contribution is 2.31. The van der Waals surface area contributed by atoms with E-state index in [1.165, 1.54) is 5.56 Å². The molecule has 5 nitrogen and oxygen atoms in total. The van der Waals surface area contributed by atoms with E-state index in [1.807, 2.05) is 6.07 Å². The highest BCUT2D eigenvalue weighted by atomic mass is 16.6. The van der Waals surface area contributed by atoms with Crippen molar-refractivity contribution in [1.82, 2.24) is 4.90 Å². The Labute approximate surface area is 119 Å². The first-order chi connectivity index (χ1) is 9.86. The number of fused-ring (bicyclic) bond motifs is 1. The third-order valence-electron chi connectivity index (χ3n) is 3.91. The van der Waals surface area contributed by atoms with Crippen LogP contribution in [0, 0.1) is 0 Å². The van der Waals surface area contributed by atoms with Gasteiger partial charge in [0.25, 0.3) is 0 Å². The number of benzene rings is 1. The maximum absolute atomic E-state index is 5.95. The summed E-state index contributed by atoms with van der Waals surface area (Å²) in [5.41, 5.74) is 7.20. The van der Waals surface area contributed by atoms with E-state index in [9.17, 15) is 0 Å². The van der Waals surface area contributed by atoms with E-state index in [0.717, 1.165) is 44.2 Å². The first-order valence-corrected chi connectivity index (χ1v) is 7.27. The average molecular weight is 278 g/mol. The zero-order valence-electron chi connectivity index (χ0n) is 11.7. The summed E-state index contributed by atoms with van der Waals surface area (Å²) < 4.78 is 16.6. The molecule has 20 heavy (non-hydrogen) atoms. The molecule has 1 unspecified atom stereocenters. The molecule has 0 radical (unpaired) electrons. The van der Waals surface area contributed by atoms with Crippen LogP contribution in [0.3, 0.4) is 0 Å². The topological polar surface area (TPSA) is 57.0 Å². The Morgan fingerprint density at radius 1 is 1.05 bits per heavy atom. The van der Waals surface area contributed by atoms with Crippen LogP contribution in [0.5, 0.6) is 11.5 Å². The Kier molecular flexibility index (Phi) is 4.40. The highest BCUT2D eigenvalue weighted by molar-refractivity contribution is 5.44. The van der Waals surface area contributed by atoms with Gasteiger partial charge in [-0.3, -0.25) is 4.90 Å². The monoisotopic (exact) mass is 278 g/mol. The van der Waals surface area contributed by atoms with E-state index in [2.05, 4.69) is 17.0 Å². The molecule has 2 N–H and O–H groups in total. The van der Waals surface area contributed by atoms with Crippen LogP contribution in [0.25, 0.3) is 0 Å². The Bertz CT molecular complexity index is 447. The lowest BCUT2D eigenvalue weighted by atomic mass is 10.0. The number of nitrogens with zero attached hydrogens (tertiary/aromatic N) is 1. The van der Waals surface area contributed by atoms with Crippen LogP contribution in [0.2, 0.25) is 0 Å². The summed E-state index contributed by atoms with van der Waals surface area (Å²) in [6.07, 6.45) is 0.938. The van der Waals surface area contributed by atoms with Crippen LogP contribution in [0.4, 0.5) is 0 Å². The van der Waals surface area contributed by atoms with Crippen LogP contribution >= 0.6 is 0 Å². The molecule has 1 aromatic rings. The van der Waals surface area contributed by atoms with Gasteiger partial charge in [-0.15, -0.1) is 0 Å². The van der Waals surface area contributed by atoms with Crippen LogP contribution in [0.1, 0.15) is 5.56 Å². The van der Waals surface area contributed by atoms with Gasteiger partial charge in [0.15, 0.2) is 11.5 Å². The molecule has 0 saturated carbocycles. The fourth-order valence-electron chi connectivity index (χ4n) is 2.79. The van der Waals surface area contributed by atoms with Gasteiger partial charge in [-0.05, 0) is 24.1 Å². The second-order valence-electron chi connectivity index (χ2n) is 5.22. The summed E-state index contributed by atoms with van der Waals surface area (Å²) in [5, 5.41) is 0. The predicted molar refractivity (Wildman–Crippen MR) is 76.4 cm³/mol. The molecule has 1 saturated heterocycles. The van der Waals surface area contributed by atoms with Gasteiger partial charge in [0, 0.05) is 25.7 Å². The van der Waals surface area contributed by atoms with Crippen molar-refractivity contribution in [1.29, 1.82) is 0 Å². The molecule has 2 heterocycles. The molecule has 2 aliphatic rings. The minimum atomic E-state index is 0.362. The molecule has 1 atom stereocenters. The number of ether oxygens (including phenoxy) is 3. The zero-order chi connectivity index (χ0) is 13.8. The van der Waals surface area contributed by atoms with Gasteiger partial charge < -0.3 is 19.9 Å². The maximum atomic E-state index is 5.95. The second-order valence-corrected chi connectivity index (χ2v) is 5.22. The third-order valence-corrected chi connectivity index (χ3v) is 3.91. The lowest BCUT2D eigenvalue weighted by molar-refractivity contribution is 0.0184. The number of rotatable bonds is 4. The molecule has 0 bridgehead atoms. The van der Waals surface area contributed by atoms with E-state index in [0.29, 0.717) is 25.8 Å². The van der Waals surface area contributed by atoms with Crippen LogP contribution in [0.15, 0.2) is 18.2 Å². The predicted octanol–water partition coefficient (Wildman–Crippen LogP) is 0.660. The van der Waals surface area contributed by atoms with E-state index in [4.69, 9.17) is 19.9 Å². The number of hydrogen-bond donors (Lipinski definition) is 1. The fraction of sp³-hybridized carbons (Fsp3) is 0.600. The van der Waals surface area contributed by atoms with Gasteiger partial charge in [-0.2, -0.15) is 0 Å². The SMILES string of the molecule is NCC(Cc1ccc2c(c1)OCCO2)N1CCOCC1. The van der Waals surface area contributed by atoms with Gasteiger partial charge in [0.2, 0.25) is 0 Å². The van der Waals surface area contributed by atoms with Crippen molar-refractivity contribution in [2.45, 2.75) is 12.5 Å². The average Bonchev–Trinajstić information content (AvgIpc) is 2.53. The Morgan fingerprint density at radius 2 is 1.80 bits per heavy atom. The number of morpholine rings is 1. The van der Waals surface area contributed by atoms with Crippen molar-refractivity contribution in [2.75, 3.05) is 46.1 Å². The molecule has 1 fully saturated rings. The molecule has 0 amide bonds. The van der Waals surface area contributed by atoms with Gasteiger partial charge >= 0.3 is 0 Å². The van der Waals surface area contributed by atoms with Gasteiger partial charge in [-0.25, -0.2) is 0 Å². The second kappa shape index (κ2) is 6.43. The normalized spacial score (nSPS) is 20.6. The minimum absolute atomic E-state index is 0.362. The van der Waals surface area contributed by atoms with Crippen molar-refractivity contribution >= 4 is 0 Å². The molecule has 5 heteroatoms. The quantitative estimate of drug-likeness (QED) is 0.877. The summed E-state index contributed by atoms with van der Waals surface area (Å²) >= 11 is 0. The van der Waals surface area contributed by atoms with Crippen molar-refractivity contribution in [3.05, 3.63) is 23.8 Å². The molecular weight excluding hydrogens is 256 g/mol. The summed E-state index contributed by atoms with van der Waals surface area (Å²) in [7, 11) is 0. The molecule has 3 rings (SSSR count). The van der Waals surface area contributed by atoms with Crippen LogP contribution in [-0.2, 0) is 11.2 Å². The molecule has 2 aliphatic heterocycles. The van der Waals surface area contributed by atoms with E-state index < -0.39 is 0 Å². The van der Waals surface area contributed by atoms with Crippen molar-refractivity contribution < 1.29 is 14.2 Å². The van der Waals surface area contributed by atoms with Crippen LogP contribution < -0.4 is 15.2 Å². The minimum Gasteiger partial charge on any atom is -0.486 e. The molecule has 110 valence electrons. The first kappa shape index (κ1) is 13.7. The summed E-state index contributed by atoms with van der Waals surface area (Å²) in [4.78, 5) is 2.42. The van der Waals surface area contributed by atoms with Gasteiger partial charge in [0.1, 0.15) is 13.2 Å². The maximum Gasteiger partial charge on any atom is 0.161 e. The van der Waals surface area contributed by atoms with Crippen molar-refractivity contribution in [2.24, 2.45) is 5.73 Å². The number of hydrogen-bond acceptors (Lipinski definition) is 5. The van der Waals surface area contributed by atoms with E-state index in [-0.39, 0.29) is 0 Å². The molecular formula is C15H22N2O3. The summed E-state index contributed by atoms with van der Waals surface area (Å²) in [6.45, 7) is 5.45. The third kappa shape index (κ3) is 3.06.